The van der Waals surface area contributed by atoms with Crippen LogP contribution < -0.4 is 5.32 Å². The monoisotopic (exact) mass is 581 g/mol. The second-order valence-corrected chi connectivity index (χ2v) is 10.2. The van der Waals surface area contributed by atoms with Gasteiger partial charge < -0.3 is 10.4 Å². The van der Waals surface area contributed by atoms with Gasteiger partial charge >= 0.3 is 0 Å². The van der Waals surface area contributed by atoms with Gasteiger partial charge in [-0.1, -0.05) is 34.8 Å². The minimum atomic E-state index is -3.81. The molecule has 0 heterocycles. The lowest BCUT2D eigenvalue weighted by Crippen LogP contribution is -2.13. The van der Waals surface area contributed by atoms with E-state index < -0.39 is 15.7 Å². The normalized spacial score (nSPS) is 11.3. The van der Waals surface area contributed by atoms with Crippen LogP contribution >= 0.6 is 57.4 Å². The molecule has 0 aliphatic carbocycles. The van der Waals surface area contributed by atoms with Crippen molar-refractivity contribution in [1.29, 1.82) is 0 Å². The molecule has 0 aliphatic heterocycles. The van der Waals surface area contributed by atoms with Crippen LogP contribution in [0.4, 0.5) is 5.69 Å². The first-order chi connectivity index (χ1) is 13.6. The van der Waals surface area contributed by atoms with Crippen molar-refractivity contribution >= 4 is 78.8 Å². The minimum absolute atomic E-state index is 0.0182. The van der Waals surface area contributed by atoms with Crippen molar-refractivity contribution in [1.82, 2.24) is 0 Å². The number of carbonyl (C=O) groups excluding carboxylic acids is 1. The summed E-state index contributed by atoms with van der Waals surface area (Å²) in [7, 11) is -3.81. The molecule has 150 valence electrons. The molecule has 0 fully saturated rings. The summed E-state index contributed by atoms with van der Waals surface area (Å²) in [5, 5.41) is 13.3. The van der Waals surface area contributed by atoms with E-state index in [1.54, 1.807) is 0 Å². The quantitative estimate of drug-likeness (QED) is 0.368. The lowest BCUT2D eigenvalue weighted by atomic mass is 10.2. The SMILES string of the molecule is O=C(Nc1ccc(S(=O)(=O)c2ccc(Cl)cc2)cc1Cl)c1cc(Cl)cc(I)c1O. The van der Waals surface area contributed by atoms with Gasteiger partial charge in [0, 0.05) is 10.0 Å². The van der Waals surface area contributed by atoms with E-state index in [1.165, 1.54) is 54.6 Å². The molecule has 5 nitrogen and oxygen atoms in total. The van der Waals surface area contributed by atoms with Crippen LogP contribution in [-0.4, -0.2) is 19.4 Å². The number of benzene rings is 3. The third-order valence-electron chi connectivity index (χ3n) is 3.90. The number of aromatic hydroxyl groups is 1. The zero-order valence-electron chi connectivity index (χ0n) is 14.3. The van der Waals surface area contributed by atoms with Gasteiger partial charge in [-0.05, 0) is 77.2 Å². The zero-order chi connectivity index (χ0) is 21.3. The summed E-state index contributed by atoms with van der Waals surface area (Å²) in [5.41, 5.74) is 0.150. The van der Waals surface area contributed by atoms with Gasteiger partial charge in [0.2, 0.25) is 9.84 Å². The van der Waals surface area contributed by atoms with E-state index in [9.17, 15) is 18.3 Å². The van der Waals surface area contributed by atoms with Gasteiger partial charge in [-0.25, -0.2) is 8.42 Å². The maximum absolute atomic E-state index is 12.7. The standard InChI is InChI=1S/C19H11Cl3INO4S/c20-10-1-3-12(4-2-10)29(27,28)13-5-6-17(15(22)9-13)24-19(26)14-7-11(21)8-16(23)18(14)25/h1-9,25H,(H,24,26). The summed E-state index contributed by atoms with van der Waals surface area (Å²) >= 11 is 19.8. The van der Waals surface area contributed by atoms with Gasteiger partial charge in [-0.2, -0.15) is 0 Å². The van der Waals surface area contributed by atoms with Crippen LogP contribution in [0, 0.1) is 3.57 Å². The molecule has 0 radical (unpaired) electrons. The fourth-order valence-corrected chi connectivity index (χ4v) is 5.18. The summed E-state index contributed by atoms with van der Waals surface area (Å²) < 4.78 is 25.9. The number of anilines is 1. The molecule has 0 spiro atoms. The Hall–Kier alpha value is -1.52. The highest BCUT2D eigenvalue weighted by Crippen LogP contribution is 2.32. The van der Waals surface area contributed by atoms with Crippen molar-refractivity contribution in [3.63, 3.8) is 0 Å². The van der Waals surface area contributed by atoms with Crippen molar-refractivity contribution in [3.05, 3.63) is 78.8 Å². The number of hydrogen-bond acceptors (Lipinski definition) is 4. The summed E-state index contributed by atoms with van der Waals surface area (Å²) in [6.07, 6.45) is 0. The van der Waals surface area contributed by atoms with Crippen molar-refractivity contribution in [2.24, 2.45) is 0 Å². The Bertz CT molecular complexity index is 1210. The van der Waals surface area contributed by atoms with E-state index in [4.69, 9.17) is 34.8 Å². The highest BCUT2D eigenvalue weighted by atomic mass is 127. The van der Waals surface area contributed by atoms with Crippen molar-refractivity contribution < 1.29 is 18.3 Å². The average molecular weight is 583 g/mol. The molecule has 2 N–H and O–H groups in total. The molecule has 0 atom stereocenters. The molecule has 0 unspecified atom stereocenters. The summed E-state index contributed by atoms with van der Waals surface area (Å²) in [6.45, 7) is 0. The van der Waals surface area contributed by atoms with Crippen LogP contribution in [0.3, 0.4) is 0 Å². The van der Waals surface area contributed by atoms with Gasteiger partial charge in [0.25, 0.3) is 5.91 Å². The molecule has 0 saturated carbocycles. The van der Waals surface area contributed by atoms with Crippen LogP contribution in [0.5, 0.6) is 5.75 Å². The molecule has 3 rings (SSSR count). The molecule has 0 bridgehead atoms. The second-order valence-electron chi connectivity index (χ2n) is 5.84. The molecule has 0 saturated heterocycles. The first-order valence-electron chi connectivity index (χ1n) is 7.89. The molecular formula is C19H11Cl3INO4S. The third kappa shape index (κ3) is 4.80. The zero-order valence-corrected chi connectivity index (χ0v) is 19.5. The molecule has 29 heavy (non-hydrogen) atoms. The number of carbonyl (C=O) groups is 1. The Balaban J connectivity index is 1.90. The Morgan fingerprint density at radius 2 is 1.52 bits per heavy atom. The number of amides is 1. The predicted octanol–water partition coefficient (Wildman–Crippen LogP) is 6.04. The number of nitrogens with one attached hydrogen (secondary N) is 1. The predicted molar refractivity (Wildman–Crippen MR) is 122 cm³/mol. The lowest BCUT2D eigenvalue weighted by Gasteiger charge is -2.11. The van der Waals surface area contributed by atoms with E-state index in [-0.39, 0.29) is 36.8 Å². The van der Waals surface area contributed by atoms with Crippen LogP contribution in [0.1, 0.15) is 10.4 Å². The van der Waals surface area contributed by atoms with E-state index in [2.05, 4.69) is 5.32 Å². The first-order valence-corrected chi connectivity index (χ1v) is 11.6. The molecular weight excluding hydrogens is 572 g/mol. The number of phenolic OH excluding ortho intramolecular Hbond substituents is 1. The minimum Gasteiger partial charge on any atom is -0.506 e. The molecule has 1 amide bonds. The number of phenols is 1. The first kappa shape index (κ1) is 22.2. The van der Waals surface area contributed by atoms with Crippen LogP contribution in [-0.2, 0) is 9.84 Å². The lowest BCUT2D eigenvalue weighted by molar-refractivity contribution is 0.102. The number of rotatable bonds is 4. The Kier molecular flexibility index (Phi) is 6.64. The van der Waals surface area contributed by atoms with E-state index in [0.717, 1.165) is 0 Å². The highest BCUT2D eigenvalue weighted by Gasteiger charge is 2.20. The Morgan fingerprint density at radius 3 is 2.14 bits per heavy atom. The van der Waals surface area contributed by atoms with E-state index >= 15 is 0 Å². The van der Waals surface area contributed by atoms with Gasteiger partial charge in [0.05, 0.1) is 29.6 Å². The molecule has 0 aliphatic rings. The van der Waals surface area contributed by atoms with Gasteiger partial charge in [-0.15, -0.1) is 0 Å². The van der Waals surface area contributed by atoms with Crippen LogP contribution in [0.25, 0.3) is 0 Å². The second kappa shape index (κ2) is 8.69. The smallest absolute Gasteiger partial charge is 0.259 e. The number of halogens is 4. The van der Waals surface area contributed by atoms with Crippen molar-refractivity contribution in [2.45, 2.75) is 9.79 Å². The van der Waals surface area contributed by atoms with Crippen molar-refractivity contribution in [2.75, 3.05) is 5.32 Å². The number of sulfone groups is 1. The molecule has 0 aromatic heterocycles. The average Bonchev–Trinajstić information content (AvgIpc) is 2.66. The molecule has 10 heteroatoms. The maximum atomic E-state index is 12.7. The summed E-state index contributed by atoms with van der Waals surface area (Å²) in [5.74, 6) is -0.858. The van der Waals surface area contributed by atoms with Gasteiger partial charge in [-0.3, -0.25) is 4.79 Å². The molecule has 3 aromatic carbocycles. The Labute approximate surface area is 195 Å². The van der Waals surface area contributed by atoms with E-state index in [1.807, 2.05) is 22.6 Å². The van der Waals surface area contributed by atoms with Gasteiger partial charge in [0.15, 0.2) is 0 Å². The van der Waals surface area contributed by atoms with Crippen LogP contribution in [0.15, 0.2) is 64.4 Å². The maximum Gasteiger partial charge on any atom is 0.259 e. The number of hydrogen-bond donors (Lipinski definition) is 2. The van der Waals surface area contributed by atoms with Crippen LogP contribution in [0.2, 0.25) is 15.1 Å². The third-order valence-corrected chi connectivity index (χ3v) is 7.27. The van der Waals surface area contributed by atoms with E-state index in [0.29, 0.717) is 8.59 Å². The van der Waals surface area contributed by atoms with Crippen molar-refractivity contribution in [3.8, 4) is 5.75 Å². The Morgan fingerprint density at radius 1 is 0.897 bits per heavy atom. The largest absolute Gasteiger partial charge is 0.506 e. The topological polar surface area (TPSA) is 83.5 Å². The summed E-state index contributed by atoms with van der Waals surface area (Å²) in [4.78, 5) is 12.5. The molecule has 3 aromatic rings. The fourth-order valence-electron chi connectivity index (χ4n) is 2.44. The van der Waals surface area contributed by atoms with Gasteiger partial charge in [0.1, 0.15) is 5.75 Å². The fraction of sp³-hybridized carbons (Fsp3) is 0. The highest BCUT2D eigenvalue weighted by molar-refractivity contribution is 14.1. The summed E-state index contributed by atoms with van der Waals surface area (Å²) in [6, 6.07) is 12.5.